The monoisotopic (exact) mass is 291 g/mol. The molecule has 2 unspecified atom stereocenters. The summed E-state index contributed by atoms with van der Waals surface area (Å²) < 4.78 is 0. The minimum atomic E-state index is -1.11. The van der Waals surface area contributed by atoms with Gasteiger partial charge in [0.2, 0.25) is 5.91 Å². The van der Waals surface area contributed by atoms with Crippen molar-refractivity contribution in [1.29, 1.82) is 5.26 Å². The maximum atomic E-state index is 11.9. The Kier molecular flexibility index (Phi) is 4.96. The molecule has 0 radical (unpaired) electrons. The third-order valence-corrected chi connectivity index (χ3v) is 3.15. The van der Waals surface area contributed by atoms with E-state index in [9.17, 15) is 19.7 Å². The molecule has 8 nitrogen and oxygen atoms in total. The second kappa shape index (κ2) is 6.47. The number of non-ortho nitro benzene ring substituents is 1. The molecular formula is C13H13N3O5. The fourth-order valence-corrected chi connectivity index (χ4v) is 1.53. The van der Waals surface area contributed by atoms with Crippen molar-refractivity contribution in [2.45, 2.75) is 13.8 Å². The van der Waals surface area contributed by atoms with Crippen LogP contribution in [0.15, 0.2) is 18.2 Å². The van der Waals surface area contributed by atoms with Crippen molar-refractivity contribution >= 4 is 23.3 Å². The van der Waals surface area contributed by atoms with E-state index in [1.807, 2.05) is 0 Å². The number of carboxylic acids is 1. The Morgan fingerprint density at radius 1 is 1.38 bits per heavy atom. The number of amides is 1. The first-order valence-corrected chi connectivity index (χ1v) is 6.00. The van der Waals surface area contributed by atoms with Gasteiger partial charge in [0.25, 0.3) is 5.69 Å². The van der Waals surface area contributed by atoms with Gasteiger partial charge in [-0.3, -0.25) is 19.7 Å². The maximum Gasteiger partial charge on any atom is 0.307 e. The van der Waals surface area contributed by atoms with E-state index in [4.69, 9.17) is 10.4 Å². The van der Waals surface area contributed by atoms with E-state index in [0.29, 0.717) is 0 Å². The molecule has 0 saturated heterocycles. The van der Waals surface area contributed by atoms with E-state index in [2.05, 4.69) is 5.32 Å². The third kappa shape index (κ3) is 3.76. The van der Waals surface area contributed by atoms with Crippen LogP contribution in [0.3, 0.4) is 0 Å². The molecule has 0 aliphatic heterocycles. The summed E-state index contributed by atoms with van der Waals surface area (Å²) in [4.78, 5) is 32.7. The van der Waals surface area contributed by atoms with Crippen LogP contribution in [0.1, 0.15) is 19.4 Å². The molecule has 0 aliphatic carbocycles. The Balaban J connectivity index is 2.98. The van der Waals surface area contributed by atoms with E-state index in [1.165, 1.54) is 19.9 Å². The molecule has 2 atom stereocenters. The molecule has 1 aromatic carbocycles. The summed E-state index contributed by atoms with van der Waals surface area (Å²) >= 11 is 0. The van der Waals surface area contributed by atoms with Crippen molar-refractivity contribution in [1.82, 2.24) is 0 Å². The Morgan fingerprint density at radius 2 is 2.00 bits per heavy atom. The topological polar surface area (TPSA) is 133 Å². The Hall–Kier alpha value is -2.95. The van der Waals surface area contributed by atoms with E-state index < -0.39 is 28.6 Å². The first-order valence-electron chi connectivity index (χ1n) is 6.00. The zero-order valence-electron chi connectivity index (χ0n) is 11.4. The van der Waals surface area contributed by atoms with Gasteiger partial charge in [-0.2, -0.15) is 5.26 Å². The van der Waals surface area contributed by atoms with Gasteiger partial charge in [-0.05, 0) is 6.07 Å². The minimum absolute atomic E-state index is 0.0623. The first kappa shape index (κ1) is 16.1. The average molecular weight is 291 g/mol. The van der Waals surface area contributed by atoms with Crippen molar-refractivity contribution < 1.29 is 19.6 Å². The number of nitriles is 1. The second-order valence-electron chi connectivity index (χ2n) is 4.50. The number of nitro groups is 1. The molecule has 1 amide bonds. The Morgan fingerprint density at radius 3 is 2.48 bits per heavy atom. The molecule has 0 bridgehead atoms. The molecule has 0 saturated carbocycles. The summed E-state index contributed by atoms with van der Waals surface area (Å²) in [5, 5.41) is 30.8. The number of benzene rings is 1. The molecule has 0 spiro atoms. The lowest BCUT2D eigenvalue weighted by Gasteiger charge is -2.16. The van der Waals surface area contributed by atoms with Crippen molar-refractivity contribution in [3.8, 4) is 6.07 Å². The van der Waals surface area contributed by atoms with Crippen molar-refractivity contribution in [3.63, 3.8) is 0 Å². The Labute approximate surface area is 120 Å². The smallest absolute Gasteiger partial charge is 0.307 e. The Bertz CT molecular complexity index is 635. The summed E-state index contributed by atoms with van der Waals surface area (Å²) in [6.07, 6.45) is 0. The van der Waals surface area contributed by atoms with Gasteiger partial charge in [0.1, 0.15) is 6.07 Å². The van der Waals surface area contributed by atoms with Crippen molar-refractivity contribution in [2.24, 2.45) is 11.8 Å². The van der Waals surface area contributed by atoms with Crippen LogP contribution in [0.2, 0.25) is 0 Å². The molecule has 21 heavy (non-hydrogen) atoms. The molecular weight excluding hydrogens is 278 g/mol. The molecule has 0 aromatic heterocycles. The highest BCUT2D eigenvalue weighted by Crippen LogP contribution is 2.23. The minimum Gasteiger partial charge on any atom is -0.481 e. The van der Waals surface area contributed by atoms with Crippen LogP contribution >= 0.6 is 0 Å². The second-order valence-corrected chi connectivity index (χ2v) is 4.50. The van der Waals surface area contributed by atoms with E-state index >= 15 is 0 Å². The van der Waals surface area contributed by atoms with Crippen LogP contribution in [-0.2, 0) is 9.59 Å². The van der Waals surface area contributed by atoms with E-state index in [0.717, 1.165) is 12.1 Å². The number of carbonyl (C=O) groups is 2. The van der Waals surface area contributed by atoms with Gasteiger partial charge in [-0.25, -0.2) is 0 Å². The van der Waals surface area contributed by atoms with Gasteiger partial charge in [0.15, 0.2) is 0 Å². The lowest BCUT2D eigenvalue weighted by Crippen LogP contribution is -2.30. The SMILES string of the molecule is CC(C(=O)O)C(C)C(=O)Nc1ccc([N+](=O)[O-])cc1C#N. The largest absolute Gasteiger partial charge is 0.481 e. The summed E-state index contributed by atoms with van der Waals surface area (Å²) in [7, 11) is 0. The molecule has 1 aromatic rings. The highest BCUT2D eigenvalue weighted by molar-refractivity contribution is 5.95. The molecule has 110 valence electrons. The number of anilines is 1. The molecule has 0 heterocycles. The van der Waals surface area contributed by atoms with Crippen LogP contribution in [0.25, 0.3) is 0 Å². The number of nitro benzene ring substituents is 1. The predicted molar refractivity (Wildman–Crippen MR) is 72.4 cm³/mol. The fourth-order valence-electron chi connectivity index (χ4n) is 1.53. The van der Waals surface area contributed by atoms with Crippen molar-refractivity contribution in [3.05, 3.63) is 33.9 Å². The third-order valence-electron chi connectivity index (χ3n) is 3.15. The summed E-state index contributed by atoms with van der Waals surface area (Å²) in [5.41, 5.74) is -0.221. The number of aliphatic carboxylic acids is 1. The number of nitrogens with zero attached hydrogens (tertiary/aromatic N) is 2. The average Bonchev–Trinajstić information content (AvgIpc) is 2.45. The number of carbonyl (C=O) groups excluding carboxylic acids is 1. The van der Waals surface area contributed by atoms with Crippen LogP contribution in [0.4, 0.5) is 11.4 Å². The molecule has 1 rings (SSSR count). The quantitative estimate of drug-likeness (QED) is 0.627. The number of hydrogen-bond acceptors (Lipinski definition) is 5. The number of rotatable bonds is 5. The lowest BCUT2D eigenvalue weighted by atomic mass is 9.95. The van der Waals surface area contributed by atoms with E-state index in [1.54, 1.807) is 6.07 Å². The van der Waals surface area contributed by atoms with E-state index in [-0.39, 0.29) is 16.9 Å². The normalized spacial score (nSPS) is 12.8. The van der Waals surface area contributed by atoms with Gasteiger partial charge in [0.05, 0.1) is 22.1 Å². The summed E-state index contributed by atoms with van der Waals surface area (Å²) in [6, 6.07) is 5.19. The zero-order chi connectivity index (χ0) is 16.2. The van der Waals surface area contributed by atoms with Gasteiger partial charge in [-0.15, -0.1) is 0 Å². The number of carboxylic acid groups (broad SMARTS) is 1. The lowest BCUT2D eigenvalue weighted by molar-refractivity contribution is -0.384. The number of nitrogens with one attached hydrogen (secondary N) is 1. The zero-order valence-corrected chi connectivity index (χ0v) is 11.4. The van der Waals surface area contributed by atoms with Gasteiger partial charge >= 0.3 is 5.97 Å². The van der Waals surface area contributed by atoms with Crippen LogP contribution < -0.4 is 5.32 Å². The van der Waals surface area contributed by atoms with Gasteiger partial charge < -0.3 is 10.4 Å². The summed E-state index contributed by atoms with van der Waals surface area (Å²) in [5.74, 6) is -3.39. The van der Waals surface area contributed by atoms with Gasteiger partial charge in [0, 0.05) is 18.1 Å². The molecule has 2 N–H and O–H groups in total. The van der Waals surface area contributed by atoms with Crippen LogP contribution in [-0.4, -0.2) is 21.9 Å². The highest BCUT2D eigenvalue weighted by Gasteiger charge is 2.26. The fraction of sp³-hybridized carbons (Fsp3) is 0.308. The predicted octanol–water partition coefficient (Wildman–Crippen LogP) is 1.76. The standard InChI is InChI=1S/C13H13N3O5/c1-7(8(2)13(18)19)12(17)15-11-4-3-10(16(20)21)5-9(11)6-14/h3-5,7-8H,1-2H3,(H,15,17)(H,18,19). The summed E-state index contributed by atoms with van der Waals surface area (Å²) in [6.45, 7) is 2.85. The molecule has 0 aliphatic rings. The molecule has 8 heteroatoms. The van der Waals surface area contributed by atoms with Crippen LogP contribution in [0.5, 0.6) is 0 Å². The molecule has 0 fully saturated rings. The first-order chi connectivity index (χ1) is 9.77. The van der Waals surface area contributed by atoms with Crippen LogP contribution in [0, 0.1) is 33.3 Å². The number of hydrogen-bond donors (Lipinski definition) is 2. The maximum absolute atomic E-state index is 11.9. The van der Waals surface area contributed by atoms with Gasteiger partial charge in [-0.1, -0.05) is 13.8 Å². The van der Waals surface area contributed by atoms with Crippen molar-refractivity contribution in [2.75, 3.05) is 5.32 Å². The highest BCUT2D eigenvalue weighted by atomic mass is 16.6.